The van der Waals surface area contributed by atoms with E-state index in [4.69, 9.17) is 4.65 Å². The Hall–Kier alpha value is -0.0151. The summed E-state index contributed by atoms with van der Waals surface area (Å²) < 4.78 is 5.10. The van der Waals surface area contributed by atoms with Gasteiger partial charge in [0, 0.05) is 6.61 Å². The molecule has 0 unspecified atom stereocenters. The first-order chi connectivity index (χ1) is 5.16. The molecule has 0 aromatic heterocycles. The maximum absolute atomic E-state index is 9.21. The Morgan fingerprint density at radius 3 is 2.55 bits per heavy atom. The summed E-state index contributed by atoms with van der Waals surface area (Å²) in [5, 5.41) is 9.21. The molecule has 0 aromatic rings. The molecule has 11 heavy (non-hydrogen) atoms. The van der Waals surface area contributed by atoms with E-state index in [0.29, 0.717) is 12.5 Å². The third-order valence-corrected chi connectivity index (χ3v) is 1.51. The van der Waals surface area contributed by atoms with Gasteiger partial charge in [-0.3, -0.25) is 0 Å². The van der Waals surface area contributed by atoms with Gasteiger partial charge in [0.2, 0.25) is 0 Å². The summed E-state index contributed by atoms with van der Waals surface area (Å²) in [7, 11) is -0.544. The van der Waals surface area contributed by atoms with Crippen molar-refractivity contribution in [3.05, 3.63) is 0 Å². The molecule has 66 valence electrons. The van der Waals surface area contributed by atoms with E-state index in [0.717, 1.165) is 19.2 Å². The van der Waals surface area contributed by atoms with E-state index in [9.17, 15) is 5.02 Å². The van der Waals surface area contributed by atoms with E-state index in [1.807, 2.05) is 6.92 Å². The summed E-state index contributed by atoms with van der Waals surface area (Å²) in [6, 6.07) is 0. The minimum atomic E-state index is -0.544. The second kappa shape index (κ2) is 6.68. The zero-order valence-corrected chi connectivity index (χ0v) is 7.84. The quantitative estimate of drug-likeness (QED) is 0.598. The second-order valence-corrected chi connectivity index (χ2v) is 3.30. The lowest BCUT2D eigenvalue weighted by atomic mass is 9.81. The van der Waals surface area contributed by atoms with Crippen molar-refractivity contribution in [3.63, 3.8) is 0 Å². The number of hydrogen-bond donors (Lipinski definition) is 1. The summed E-state index contributed by atoms with van der Waals surface area (Å²) in [6.45, 7) is 6.99. The van der Waals surface area contributed by atoms with Crippen LogP contribution in [0, 0.1) is 5.92 Å². The highest BCUT2D eigenvalue weighted by Crippen LogP contribution is 2.06. The Labute approximate surface area is 70.1 Å². The lowest BCUT2D eigenvalue weighted by Crippen LogP contribution is -2.18. The van der Waals surface area contributed by atoms with Crippen molar-refractivity contribution in [2.45, 2.75) is 39.9 Å². The number of hydrogen-bond acceptors (Lipinski definition) is 2. The van der Waals surface area contributed by atoms with Gasteiger partial charge in [0.1, 0.15) is 0 Å². The smallest absolute Gasteiger partial charge is 0.427 e. The van der Waals surface area contributed by atoms with E-state index >= 15 is 0 Å². The minimum absolute atomic E-state index is 0.544. The van der Waals surface area contributed by atoms with Crippen LogP contribution in [0.4, 0.5) is 0 Å². The van der Waals surface area contributed by atoms with E-state index in [1.165, 1.54) is 0 Å². The lowest BCUT2D eigenvalue weighted by molar-refractivity contribution is 0.256. The van der Waals surface area contributed by atoms with Crippen LogP contribution in [0.15, 0.2) is 0 Å². The van der Waals surface area contributed by atoms with E-state index in [-0.39, 0.29) is 0 Å². The van der Waals surface area contributed by atoms with Crippen LogP contribution in [0.25, 0.3) is 0 Å². The highest BCUT2D eigenvalue weighted by Gasteiger charge is 2.11. The van der Waals surface area contributed by atoms with E-state index in [1.54, 1.807) is 0 Å². The van der Waals surface area contributed by atoms with Gasteiger partial charge in [-0.25, -0.2) is 0 Å². The fourth-order valence-corrected chi connectivity index (χ4v) is 0.813. The molecule has 0 aliphatic rings. The highest BCUT2D eigenvalue weighted by atomic mass is 16.5. The van der Waals surface area contributed by atoms with Gasteiger partial charge in [0.25, 0.3) is 0 Å². The molecule has 0 atom stereocenters. The molecule has 0 heterocycles. The van der Waals surface area contributed by atoms with Crippen LogP contribution < -0.4 is 0 Å². The van der Waals surface area contributed by atoms with Crippen LogP contribution in [-0.2, 0) is 4.65 Å². The van der Waals surface area contributed by atoms with Crippen LogP contribution in [0.2, 0.25) is 6.32 Å². The Bertz CT molecular complexity index is 86.2. The average Bonchev–Trinajstić information content (AvgIpc) is 1.97. The van der Waals surface area contributed by atoms with Gasteiger partial charge >= 0.3 is 7.12 Å². The molecule has 0 radical (unpaired) electrons. The molecule has 0 saturated carbocycles. The summed E-state index contributed by atoms with van der Waals surface area (Å²) in [5.41, 5.74) is 0. The van der Waals surface area contributed by atoms with Crippen molar-refractivity contribution < 1.29 is 9.68 Å². The molecular weight excluding hydrogens is 139 g/mol. The van der Waals surface area contributed by atoms with Gasteiger partial charge in [-0.1, -0.05) is 27.2 Å². The zero-order chi connectivity index (χ0) is 8.69. The van der Waals surface area contributed by atoms with Gasteiger partial charge < -0.3 is 9.68 Å². The first-order valence-electron chi connectivity index (χ1n) is 4.46. The summed E-state index contributed by atoms with van der Waals surface area (Å²) in [5.74, 6) is 0.648. The van der Waals surface area contributed by atoms with Crippen LogP contribution in [0.3, 0.4) is 0 Å². The van der Waals surface area contributed by atoms with Crippen LogP contribution in [0.5, 0.6) is 0 Å². The normalized spacial score (nSPS) is 10.6. The van der Waals surface area contributed by atoms with Crippen LogP contribution in [-0.4, -0.2) is 18.7 Å². The van der Waals surface area contributed by atoms with Gasteiger partial charge in [0.15, 0.2) is 0 Å². The SMILES string of the molecule is CCCOB(O)CCC(C)C. The lowest BCUT2D eigenvalue weighted by Gasteiger charge is -2.07. The molecule has 0 aliphatic heterocycles. The van der Waals surface area contributed by atoms with Crippen molar-refractivity contribution >= 4 is 7.12 Å². The molecule has 0 fully saturated rings. The molecule has 0 rings (SSSR count). The molecule has 1 N–H and O–H groups in total. The van der Waals surface area contributed by atoms with E-state index < -0.39 is 7.12 Å². The highest BCUT2D eigenvalue weighted by molar-refractivity contribution is 6.42. The fraction of sp³-hybridized carbons (Fsp3) is 1.00. The largest absolute Gasteiger partial charge is 0.454 e. The Morgan fingerprint density at radius 2 is 2.09 bits per heavy atom. The zero-order valence-electron chi connectivity index (χ0n) is 7.84. The second-order valence-electron chi connectivity index (χ2n) is 3.30. The van der Waals surface area contributed by atoms with Crippen LogP contribution in [0.1, 0.15) is 33.6 Å². The van der Waals surface area contributed by atoms with Crippen molar-refractivity contribution in [3.8, 4) is 0 Å². The van der Waals surface area contributed by atoms with Crippen LogP contribution >= 0.6 is 0 Å². The molecule has 0 bridgehead atoms. The summed E-state index contributed by atoms with van der Waals surface area (Å²) in [6.07, 6.45) is 2.77. The molecule has 3 heteroatoms. The maximum atomic E-state index is 9.21. The Kier molecular flexibility index (Phi) is 6.67. The molecule has 0 aliphatic carbocycles. The van der Waals surface area contributed by atoms with Crippen molar-refractivity contribution in [1.29, 1.82) is 0 Å². The minimum Gasteiger partial charge on any atom is -0.427 e. The monoisotopic (exact) mass is 158 g/mol. The Morgan fingerprint density at radius 1 is 1.45 bits per heavy atom. The molecule has 0 saturated heterocycles. The molecule has 0 amide bonds. The molecule has 0 aromatic carbocycles. The topological polar surface area (TPSA) is 29.5 Å². The predicted octanol–water partition coefficient (Wildman–Crippen LogP) is 1.94. The Balaban J connectivity index is 3.15. The third-order valence-electron chi connectivity index (χ3n) is 1.51. The fourth-order valence-electron chi connectivity index (χ4n) is 0.813. The van der Waals surface area contributed by atoms with Gasteiger partial charge in [-0.05, 0) is 18.7 Å². The van der Waals surface area contributed by atoms with Gasteiger partial charge in [-0.15, -0.1) is 0 Å². The summed E-state index contributed by atoms with van der Waals surface area (Å²) in [4.78, 5) is 0. The molecule has 0 spiro atoms. The standard InChI is InChI=1S/C8H19BO2/c1-4-7-11-9(10)6-5-8(2)3/h8,10H,4-7H2,1-3H3. The average molecular weight is 158 g/mol. The number of rotatable bonds is 6. The molecular formula is C8H19BO2. The van der Waals surface area contributed by atoms with Gasteiger partial charge in [-0.2, -0.15) is 0 Å². The van der Waals surface area contributed by atoms with Crippen molar-refractivity contribution in [1.82, 2.24) is 0 Å². The predicted molar refractivity (Wildman–Crippen MR) is 48.5 cm³/mol. The molecule has 2 nitrogen and oxygen atoms in total. The van der Waals surface area contributed by atoms with Crippen molar-refractivity contribution in [2.75, 3.05) is 6.61 Å². The van der Waals surface area contributed by atoms with Crippen molar-refractivity contribution in [2.24, 2.45) is 5.92 Å². The first-order valence-corrected chi connectivity index (χ1v) is 4.46. The first kappa shape index (κ1) is 11.0. The van der Waals surface area contributed by atoms with Gasteiger partial charge in [0.05, 0.1) is 0 Å². The summed E-state index contributed by atoms with van der Waals surface area (Å²) >= 11 is 0. The third kappa shape index (κ3) is 7.89. The maximum Gasteiger partial charge on any atom is 0.454 e. The van der Waals surface area contributed by atoms with E-state index in [2.05, 4.69) is 13.8 Å².